The van der Waals surface area contributed by atoms with E-state index in [-0.39, 0.29) is 11.8 Å². The number of hydrogen-bond donors (Lipinski definition) is 1. The molecule has 0 radical (unpaired) electrons. The number of nitrogens with zero attached hydrogens (tertiary/aromatic N) is 2. The van der Waals surface area contributed by atoms with E-state index in [4.69, 9.17) is 11.6 Å². The van der Waals surface area contributed by atoms with Crippen LogP contribution in [0.3, 0.4) is 0 Å². The van der Waals surface area contributed by atoms with Crippen LogP contribution in [-0.4, -0.2) is 32.5 Å². The van der Waals surface area contributed by atoms with Crippen molar-refractivity contribution in [1.82, 2.24) is 5.32 Å². The van der Waals surface area contributed by atoms with Gasteiger partial charge in [-0.3, -0.25) is 9.59 Å². The zero-order valence-corrected chi connectivity index (χ0v) is 15.7. The van der Waals surface area contributed by atoms with Crippen LogP contribution in [0, 0.1) is 0 Å². The standard InChI is InChI=1S/C20H22ClN3O2/c1-23(2)16-8-5-14(6-9-16)13-22-20(26)17-10-7-15(21)12-18(17)24-11-3-4-19(24)25/h5-10,12H,3-4,11,13H2,1-2H3,(H,22,26). The van der Waals surface area contributed by atoms with Gasteiger partial charge in [0.05, 0.1) is 11.3 Å². The number of anilines is 2. The molecule has 0 spiro atoms. The van der Waals surface area contributed by atoms with Gasteiger partial charge < -0.3 is 15.1 Å². The van der Waals surface area contributed by atoms with E-state index in [1.54, 1.807) is 23.1 Å². The molecule has 136 valence electrons. The molecule has 1 heterocycles. The van der Waals surface area contributed by atoms with Crippen molar-refractivity contribution < 1.29 is 9.59 Å². The van der Waals surface area contributed by atoms with E-state index >= 15 is 0 Å². The van der Waals surface area contributed by atoms with E-state index in [9.17, 15) is 9.59 Å². The predicted molar refractivity (Wildman–Crippen MR) is 105 cm³/mol. The first-order chi connectivity index (χ1) is 12.5. The topological polar surface area (TPSA) is 52.7 Å². The first-order valence-electron chi connectivity index (χ1n) is 8.60. The fourth-order valence-corrected chi connectivity index (χ4v) is 3.18. The van der Waals surface area contributed by atoms with Crippen molar-refractivity contribution in [2.24, 2.45) is 0 Å². The van der Waals surface area contributed by atoms with Crippen molar-refractivity contribution in [3.05, 3.63) is 58.6 Å². The smallest absolute Gasteiger partial charge is 0.253 e. The number of rotatable bonds is 5. The minimum Gasteiger partial charge on any atom is -0.378 e. The Kier molecular flexibility index (Phi) is 5.47. The molecule has 2 aromatic rings. The van der Waals surface area contributed by atoms with E-state index in [1.165, 1.54) is 0 Å². The molecule has 0 bridgehead atoms. The number of hydrogen-bond acceptors (Lipinski definition) is 3. The van der Waals surface area contributed by atoms with Crippen molar-refractivity contribution in [1.29, 1.82) is 0 Å². The summed E-state index contributed by atoms with van der Waals surface area (Å²) in [4.78, 5) is 28.4. The van der Waals surface area contributed by atoms with Gasteiger partial charge in [0.2, 0.25) is 5.91 Å². The average molecular weight is 372 g/mol. The number of carbonyl (C=O) groups excluding carboxylic acids is 2. The Hall–Kier alpha value is -2.53. The number of halogens is 1. The Labute approximate surface area is 158 Å². The minimum absolute atomic E-state index is 0.0283. The number of amides is 2. The molecule has 0 aliphatic carbocycles. The molecule has 2 aromatic carbocycles. The zero-order chi connectivity index (χ0) is 18.7. The molecule has 6 heteroatoms. The molecule has 0 atom stereocenters. The molecule has 5 nitrogen and oxygen atoms in total. The molecular formula is C20H22ClN3O2. The largest absolute Gasteiger partial charge is 0.378 e. The highest BCUT2D eigenvalue weighted by atomic mass is 35.5. The van der Waals surface area contributed by atoms with Crippen molar-refractivity contribution in [2.75, 3.05) is 30.4 Å². The molecule has 1 N–H and O–H groups in total. The second-order valence-electron chi connectivity index (χ2n) is 6.55. The molecule has 0 aromatic heterocycles. The lowest BCUT2D eigenvalue weighted by atomic mass is 10.1. The van der Waals surface area contributed by atoms with Gasteiger partial charge in [0.15, 0.2) is 0 Å². The van der Waals surface area contributed by atoms with Crippen LogP contribution in [-0.2, 0) is 11.3 Å². The summed E-state index contributed by atoms with van der Waals surface area (Å²) >= 11 is 6.09. The third-order valence-corrected chi connectivity index (χ3v) is 4.71. The maximum absolute atomic E-state index is 12.7. The third-order valence-electron chi connectivity index (χ3n) is 4.47. The van der Waals surface area contributed by atoms with Gasteiger partial charge in [0, 0.05) is 44.3 Å². The summed E-state index contributed by atoms with van der Waals surface area (Å²) in [7, 11) is 3.97. The van der Waals surface area contributed by atoms with E-state index in [2.05, 4.69) is 5.32 Å². The predicted octanol–water partition coefficient (Wildman–Crippen LogP) is 3.46. The van der Waals surface area contributed by atoms with Crippen LogP contribution >= 0.6 is 11.6 Å². The molecule has 0 unspecified atom stereocenters. The van der Waals surface area contributed by atoms with Crippen molar-refractivity contribution >= 4 is 34.8 Å². The van der Waals surface area contributed by atoms with Gasteiger partial charge in [-0.1, -0.05) is 23.7 Å². The molecular weight excluding hydrogens is 350 g/mol. The number of carbonyl (C=O) groups is 2. The lowest BCUT2D eigenvalue weighted by Crippen LogP contribution is -2.29. The molecule has 1 aliphatic heterocycles. The molecule has 1 saturated heterocycles. The zero-order valence-electron chi connectivity index (χ0n) is 15.0. The summed E-state index contributed by atoms with van der Waals surface area (Å²) in [6.45, 7) is 1.04. The summed E-state index contributed by atoms with van der Waals surface area (Å²) in [6.07, 6.45) is 1.30. The van der Waals surface area contributed by atoms with Crippen LogP contribution in [0.5, 0.6) is 0 Å². The SMILES string of the molecule is CN(C)c1ccc(CNC(=O)c2ccc(Cl)cc2N2CCCC2=O)cc1. The minimum atomic E-state index is -0.215. The van der Waals surface area contributed by atoms with E-state index in [0.29, 0.717) is 35.8 Å². The Morgan fingerprint density at radius 1 is 1.19 bits per heavy atom. The molecule has 26 heavy (non-hydrogen) atoms. The van der Waals surface area contributed by atoms with Crippen LogP contribution < -0.4 is 15.1 Å². The van der Waals surface area contributed by atoms with E-state index in [0.717, 1.165) is 17.7 Å². The summed E-state index contributed by atoms with van der Waals surface area (Å²) in [5, 5.41) is 3.44. The Balaban J connectivity index is 1.74. The maximum atomic E-state index is 12.7. The lowest BCUT2D eigenvalue weighted by molar-refractivity contribution is -0.117. The molecule has 2 amide bonds. The molecule has 1 aliphatic rings. The van der Waals surface area contributed by atoms with Crippen LogP contribution in [0.25, 0.3) is 0 Å². The fourth-order valence-electron chi connectivity index (χ4n) is 3.01. The van der Waals surface area contributed by atoms with Crippen LogP contribution in [0.1, 0.15) is 28.8 Å². The fraction of sp³-hybridized carbons (Fsp3) is 0.300. The van der Waals surface area contributed by atoms with E-state index < -0.39 is 0 Å². The van der Waals surface area contributed by atoms with Crippen LogP contribution in [0.4, 0.5) is 11.4 Å². The van der Waals surface area contributed by atoms with Gasteiger partial charge in [-0.2, -0.15) is 0 Å². The first kappa shape index (κ1) is 18.3. The Morgan fingerprint density at radius 2 is 1.92 bits per heavy atom. The van der Waals surface area contributed by atoms with Gasteiger partial charge in [0.25, 0.3) is 5.91 Å². The van der Waals surface area contributed by atoms with Gasteiger partial charge >= 0.3 is 0 Å². The van der Waals surface area contributed by atoms with Crippen molar-refractivity contribution in [3.63, 3.8) is 0 Å². The van der Waals surface area contributed by atoms with Gasteiger partial charge in [-0.25, -0.2) is 0 Å². The number of nitrogens with one attached hydrogen (secondary N) is 1. The van der Waals surface area contributed by atoms with Gasteiger partial charge in [-0.15, -0.1) is 0 Å². The number of benzene rings is 2. The summed E-state index contributed by atoms with van der Waals surface area (Å²) < 4.78 is 0. The summed E-state index contributed by atoms with van der Waals surface area (Å²) in [5.41, 5.74) is 3.17. The van der Waals surface area contributed by atoms with Gasteiger partial charge in [-0.05, 0) is 42.3 Å². The first-order valence-corrected chi connectivity index (χ1v) is 8.98. The average Bonchev–Trinajstić information content (AvgIpc) is 3.05. The molecule has 1 fully saturated rings. The van der Waals surface area contributed by atoms with Crippen LogP contribution in [0.15, 0.2) is 42.5 Å². The summed E-state index contributed by atoms with van der Waals surface area (Å²) in [6, 6.07) is 13.0. The normalized spacial score (nSPS) is 13.8. The van der Waals surface area contributed by atoms with Crippen LogP contribution in [0.2, 0.25) is 5.02 Å². The second-order valence-corrected chi connectivity index (χ2v) is 6.99. The molecule has 0 saturated carbocycles. The van der Waals surface area contributed by atoms with E-state index in [1.807, 2.05) is 43.3 Å². The van der Waals surface area contributed by atoms with Crippen molar-refractivity contribution in [3.8, 4) is 0 Å². The Morgan fingerprint density at radius 3 is 2.54 bits per heavy atom. The van der Waals surface area contributed by atoms with Crippen molar-refractivity contribution in [2.45, 2.75) is 19.4 Å². The van der Waals surface area contributed by atoms with Gasteiger partial charge in [0.1, 0.15) is 0 Å². The molecule has 3 rings (SSSR count). The Bertz CT molecular complexity index is 818. The third kappa shape index (κ3) is 3.99. The quantitative estimate of drug-likeness (QED) is 0.875. The second kappa shape index (κ2) is 7.79. The highest BCUT2D eigenvalue weighted by molar-refractivity contribution is 6.31. The lowest BCUT2D eigenvalue weighted by Gasteiger charge is -2.20. The monoisotopic (exact) mass is 371 g/mol. The highest BCUT2D eigenvalue weighted by Crippen LogP contribution is 2.28. The summed E-state index contributed by atoms with van der Waals surface area (Å²) in [5.74, 6) is -0.186. The highest BCUT2D eigenvalue weighted by Gasteiger charge is 2.26. The maximum Gasteiger partial charge on any atom is 0.253 e.